The van der Waals surface area contributed by atoms with Gasteiger partial charge in [-0.2, -0.15) is 0 Å². The molecule has 0 spiro atoms. The molecule has 0 bridgehead atoms. The van der Waals surface area contributed by atoms with Crippen LogP contribution in [0.5, 0.6) is 17.2 Å². The number of fused-ring (bicyclic) bond motifs is 1. The Morgan fingerprint density at radius 1 is 0.826 bits per heavy atom. The fourth-order valence-electron chi connectivity index (χ4n) is 5.24. The highest BCUT2D eigenvalue weighted by molar-refractivity contribution is 14.1. The number of aryl methyl sites for hydroxylation is 1. The van der Waals surface area contributed by atoms with E-state index in [9.17, 15) is 14.4 Å². The van der Waals surface area contributed by atoms with Crippen LogP contribution in [0.2, 0.25) is 0 Å². The van der Waals surface area contributed by atoms with Crippen LogP contribution < -0.4 is 24.4 Å². The van der Waals surface area contributed by atoms with Crippen molar-refractivity contribution >= 4 is 63.0 Å². The van der Waals surface area contributed by atoms with Gasteiger partial charge >= 0.3 is 6.03 Å². The number of amides is 4. The summed E-state index contributed by atoms with van der Waals surface area (Å²) in [6, 6.07) is 31.2. The monoisotopic (exact) mass is 724 g/mol. The summed E-state index contributed by atoms with van der Waals surface area (Å²) in [5.41, 5.74) is 3.84. The van der Waals surface area contributed by atoms with Gasteiger partial charge in [-0.1, -0.05) is 66.7 Å². The minimum Gasteiger partial charge on any atom is -0.493 e. The van der Waals surface area contributed by atoms with Crippen molar-refractivity contribution in [2.75, 3.05) is 12.0 Å². The molecule has 8 nitrogen and oxygen atoms in total. The molecule has 1 aliphatic rings. The number of nitrogens with zero attached hydrogens (tertiary/aromatic N) is 1. The van der Waals surface area contributed by atoms with Crippen LogP contribution >= 0.6 is 22.6 Å². The number of hydrogen-bond donors (Lipinski definition) is 1. The Bertz CT molecular complexity index is 1990. The zero-order valence-corrected chi connectivity index (χ0v) is 27.2. The van der Waals surface area contributed by atoms with Crippen molar-refractivity contribution < 1.29 is 28.6 Å². The predicted octanol–water partition coefficient (Wildman–Crippen LogP) is 7.59. The van der Waals surface area contributed by atoms with Gasteiger partial charge < -0.3 is 14.2 Å². The molecule has 1 N–H and O–H groups in total. The molecule has 5 aromatic rings. The number of anilines is 1. The van der Waals surface area contributed by atoms with Crippen LogP contribution in [0.1, 0.15) is 22.3 Å². The highest BCUT2D eigenvalue weighted by Crippen LogP contribution is 2.36. The Balaban J connectivity index is 1.22. The van der Waals surface area contributed by atoms with Crippen LogP contribution in [0.4, 0.5) is 10.5 Å². The Morgan fingerprint density at radius 3 is 2.33 bits per heavy atom. The number of rotatable bonds is 9. The van der Waals surface area contributed by atoms with Gasteiger partial charge in [-0.05, 0) is 99.5 Å². The largest absolute Gasteiger partial charge is 0.493 e. The molecule has 0 saturated carbocycles. The van der Waals surface area contributed by atoms with Crippen LogP contribution in [0.25, 0.3) is 16.8 Å². The third kappa shape index (κ3) is 6.45. The number of carbonyl (C=O) groups excluding carboxylic acids is 3. The lowest BCUT2D eigenvalue weighted by atomic mass is 10.0. The second-order valence-electron chi connectivity index (χ2n) is 10.6. The van der Waals surface area contributed by atoms with Crippen molar-refractivity contribution in [2.24, 2.45) is 0 Å². The summed E-state index contributed by atoms with van der Waals surface area (Å²) in [7, 11) is 1.53. The molecule has 4 amide bonds. The molecule has 0 aliphatic carbocycles. The van der Waals surface area contributed by atoms with Gasteiger partial charge in [0.25, 0.3) is 11.8 Å². The zero-order chi connectivity index (χ0) is 32.2. The molecule has 1 heterocycles. The van der Waals surface area contributed by atoms with Gasteiger partial charge in [-0.15, -0.1) is 0 Å². The summed E-state index contributed by atoms with van der Waals surface area (Å²) in [4.78, 5) is 40.1. The van der Waals surface area contributed by atoms with Crippen molar-refractivity contribution in [3.8, 4) is 17.2 Å². The molecule has 9 heteroatoms. The maximum absolute atomic E-state index is 13.5. The average Bonchev–Trinajstić information content (AvgIpc) is 3.06. The van der Waals surface area contributed by atoms with E-state index in [1.807, 2.05) is 42.5 Å². The lowest BCUT2D eigenvalue weighted by Gasteiger charge is -2.26. The van der Waals surface area contributed by atoms with Gasteiger partial charge in [0.05, 0.1) is 16.4 Å². The number of hydrogen-bond acceptors (Lipinski definition) is 6. The van der Waals surface area contributed by atoms with E-state index in [1.165, 1.54) is 13.2 Å². The first-order valence-electron chi connectivity index (χ1n) is 14.5. The highest BCUT2D eigenvalue weighted by Gasteiger charge is 2.37. The number of methoxy groups -OCH3 is 1. The van der Waals surface area contributed by atoms with Crippen LogP contribution in [0, 0.1) is 10.5 Å². The first kappa shape index (κ1) is 30.8. The van der Waals surface area contributed by atoms with Crippen LogP contribution in [0.3, 0.4) is 0 Å². The van der Waals surface area contributed by atoms with Crippen molar-refractivity contribution in [2.45, 2.75) is 20.1 Å². The summed E-state index contributed by atoms with van der Waals surface area (Å²) in [5, 5.41) is 4.52. The maximum atomic E-state index is 13.5. The third-order valence-corrected chi connectivity index (χ3v) is 8.44. The van der Waals surface area contributed by atoms with Gasteiger partial charge in [0, 0.05) is 5.56 Å². The maximum Gasteiger partial charge on any atom is 0.335 e. The highest BCUT2D eigenvalue weighted by atomic mass is 127. The number of carbonyl (C=O) groups is 3. The van der Waals surface area contributed by atoms with E-state index in [1.54, 1.807) is 36.4 Å². The molecule has 1 saturated heterocycles. The fraction of sp³-hybridized carbons (Fsp3) is 0.108. The normalized spacial score (nSPS) is 14.0. The van der Waals surface area contributed by atoms with Crippen molar-refractivity contribution in [1.82, 2.24) is 5.32 Å². The van der Waals surface area contributed by atoms with E-state index >= 15 is 0 Å². The quantitative estimate of drug-likeness (QED) is 0.0958. The first-order valence-corrected chi connectivity index (χ1v) is 15.6. The van der Waals surface area contributed by atoms with Crippen molar-refractivity contribution in [1.29, 1.82) is 0 Å². The summed E-state index contributed by atoms with van der Waals surface area (Å²) in [5.74, 6) is 0.0360. The molecule has 0 atom stereocenters. The van der Waals surface area contributed by atoms with E-state index in [0.29, 0.717) is 41.7 Å². The topological polar surface area (TPSA) is 94.2 Å². The minimum atomic E-state index is -0.829. The Morgan fingerprint density at radius 2 is 1.57 bits per heavy atom. The Kier molecular flexibility index (Phi) is 9.02. The molecule has 0 unspecified atom stereocenters. The molecule has 1 fully saturated rings. The molecule has 46 heavy (non-hydrogen) atoms. The lowest BCUT2D eigenvalue weighted by molar-refractivity contribution is -0.122. The van der Waals surface area contributed by atoms with Crippen LogP contribution in [0.15, 0.2) is 109 Å². The summed E-state index contributed by atoms with van der Waals surface area (Å²) in [6.07, 6.45) is 1.44. The fourth-order valence-corrected chi connectivity index (χ4v) is 6.02. The SMILES string of the molecule is COc1cc(/C=C2\C(=O)NC(=O)N(c3ccc(OCc4ccccc4)cc3)C2=O)cc(I)c1OCc1c(C)ccc2ccccc12. The van der Waals surface area contributed by atoms with Gasteiger partial charge in [0.15, 0.2) is 11.5 Å². The number of benzene rings is 5. The molecule has 5 aromatic carbocycles. The number of barbiturate groups is 1. The van der Waals surface area contributed by atoms with Gasteiger partial charge in [-0.3, -0.25) is 14.9 Å². The Hall–Kier alpha value is -5.16. The predicted molar refractivity (Wildman–Crippen MR) is 185 cm³/mol. The molecule has 0 aromatic heterocycles. The van der Waals surface area contributed by atoms with Crippen molar-refractivity contribution in [3.63, 3.8) is 0 Å². The van der Waals surface area contributed by atoms with E-state index in [-0.39, 0.29) is 5.57 Å². The molecule has 230 valence electrons. The standard InChI is InChI=1S/C37H29IN2O6/c1-23-12-13-26-10-6-7-11-29(26)31(23)22-46-34-32(38)19-25(20-33(34)44-2)18-30-35(41)39-37(43)40(36(30)42)27-14-16-28(17-15-27)45-21-24-8-4-3-5-9-24/h3-20H,21-22H2,1-2H3,(H,39,41,43)/b30-18+. The first-order chi connectivity index (χ1) is 22.3. The number of halogens is 1. The zero-order valence-electron chi connectivity index (χ0n) is 25.1. The summed E-state index contributed by atoms with van der Waals surface area (Å²) in [6.45, 7) is 2.75. The number of ether oxygens (including phenoxy) is 3. The lowest BCUT2D eigenvalue weighted by Crippen LogP contribution is -2.54. The molecule has 1 aliphatic heterocycles. The van der Waals surface area contributed by atoms with Crippen molar-refractivity contribution in [3.05, 3.63) is 135 Å². The smallest absolute Gasteiger partial charge is 0.335 e. The molecular formula is C37H29IN2O6. The van der Waals surface area contributed by atoms with Crippen LogP contribution in [-0.2, 0) is 22.8 Å². The van der Waals surface area contributed by atoms with E-state index in [4.69, 9.17) is 14.2 Å². The van der Waals surface area contributed by atoms with Crippen LogP contribution in [-0.4, -0.2) is 25.0 Å². The van der Waals surface area contributed by atoms with E-state index in [0.717, 1.165) is 35.9 Å². The minimum absolute atomic E-state index is 0.193. The number of urea groups is 1. The third-order valence-electron chi connectivity index (χ3n) is 7.64. The van der Waals surface area contributed by atoms with Gasteiger partial charge in [0.1, 0.15) is 24.5 Å². The molecule has 0 radical (unpaired) electrons. The average molecular weight is 725 g/mol. The van der Waals surface area contributed by atoms with Gasteiger partial charge in [0.2, 0.25) is 0 Å². The van der Waals surface area contributed by atoms with E-state index in [2.05, 4.69) is 59.1 Å². The summed E-state index contributed by atoms with van der Waals surface area (Å²) >= 11 is 2.14. The van der Waals surface area contributed by atoms with E-state index < -0.39 is 17.8 Å². The molecular weight excluding hydrogens is 695 g/mol. The summed E-state index contributed by atoms with van der Waals surface area (Å²) < 4.78 is 18.5. The van der Waals surface area contributed by atoms with Gasteiger partial charge in [-0.25, -0.2) is 9.69 Å². The number of imide groups is 2. The Labute approximate surface area is 279 Å². The second kappa shape index (κ2) is 13.5. The number of nitrogens with one attached hydrogen (secondary N) is 1. The second-order valence-corrected chi connectivity index (χ2v) is 11.8. The molecule has 6 rings (SSSR count).